The highest BCUT2D eigenvalue weighted by Crippen LogP contribution is 2.33. The quantitative estimate of drug-likeness (QED) is 0.810. The number of rotatable bonds is 6. The Morgan fingerprint density at radius 1 is 1.57 bits per heavy atom. The SMILES string of the molecule is CNC(c1c(Br)cnn1CCOC)C1CCCCS1(=O)=O. The highest BCUT2D eigenvalue weighted by Gasteiger charge is 2.38. The fourth-order valence-corrected chi connectivity index (χ4v) is 5.55. The molecule has 0 bridgehead atoms. The number of sulfone groups is 1. The van der Waals surface area contributed by atoms with Crippen LogP contribution in [0.3, 0.4) is 0 Å². The van der Waals surface area contributed by atoms with Crippen LogP contribution in [0.5, 0.6) is 0 Å². The second-order valence-corrected chi connectivity index (χ2v) is 8.46. The first kappa shape index (κ1) is 16.9. The maximum Gasteiger partial charge on any atom is 0.155 e. The highest BCUT2D eigenvalue weighted by molar-refractivity contribution is 9.10. The van der Waals surface area contributed by atoms with Crippen LogP contribution in [0.25, 0.3) is 0 Å². The van der Waals surface area contributed by atoms with Crippen LogP contribution in [0.15, 0.2) is 10.7 Å². The van der Waals surface area contributed by atoms with E-state index < -0.39 is 15.1 Å². The molecule has 6 nitrogen and oxygen atoms in total. The predicted octanol–water partition coefficient (Wildman–Crippen LogP) is 1.52. The van der Waals surface area contributed by atoms with E-state index in [4.69, 9.17) is 4.74 Å². The molecule has 1 aliphatic rings. The molecule has 1 saturated heterocycles. The van der Waals surface area contributed by atoms with Gasteiger partial charge in [-0.3, -0.25) is 4.68 Å². The lowest BCUT2D eigenvalue weighted by atomic mass is 10.0. The van der Waals surface area contributed by atoms with Crippen LogP contribution in [0.2, 0.25) is 0 Å². The summed E-state index contributed by atoms with van der Waals surface area (Å²) in [4.78, 5) is 0. The molecule has 0 spiro atoms. The van der Waals surface area contributed by atoms with Crippen LogP contribution < -0.4 is 5.32 Å². The minimum atomic E-state index is -3.07. The van der Waals surface area contributed by atoms with Crippen molar-refractivity contribution in [3.8, 4) is 0 Å². The topological polar surface area (TPSA) is 73.2 Å². The monoisotopic (exact) mass is 379 g/mol. The molecule has 2 atom stereocenters. The fraction of sp³-hybridized carbons (Fsp3) is 0.769. The van der Waals surface area contributed by atoms with Crippen LogP contribution in [-0.2, 0) is 21.1 Å². The standard InChI is InChI=1S/C13H22BrN3O3S/c1-15-12(11-5-3-4-8-21(11,18)19)13-10(14)9-16-17(13)6-7-20-2/h9,11-12,15H,3-8H2,1-2H3. The van der Waals surface area contributed by atoms with E-state index in [-0.39, 0.29) is 11.8 Å². The van der Waals surface area contributed by atoms with E-state index in [9.17, 15) is 8.42 Å². The summed E-state index contributed by atoms with van der Waals surface area (Å²) in [5.41, 5.74) is 0.880. The lowest BCUT2D eigenvalue weighted by Gasteiger charge is -2.30. The predicted molar refractivity (Wildman–Crippen MR) is 85.0 cm³/mol. The maximum absolute atomic E-state index is 12.4. The van der Waals surface area contributed by atoms with Gasteiger partial charge in [-0.2, -0.15) is 5.10 Å². The Bertz CT molecular complexity index is 573. The Morgan fingerprint density at radius 2 is 2.33 bits per heavy atom. The van der Waals surface area contributed by atoms with Crippen LogP contribution in [-0.4, -0.2) is 50.0 Å². The van der Waals surface area contributed by atoms with Crippen molar-refractivity contribution in [2.24, 2.45) is 0 Å². The average Bonchev–Trinajstić information content (AvgIpc) is 2.80. The molecule has 0 radical (unpaired) electrons. The molecule has 1 aromatic heterocycles. The number of halogens is 1. The molecule has 0 amide bonds. The Morgan fingerprint density at radius 3 is 2.95 bits per heavy atom. The lowest BCUT2D eigenvalue weighted by molar-refractivity contribution is 0.181. The summed E-state index contributed by atoms with van der Waals surface area (Å²) >= 11 is 3.50. The third kappa shape index (κ3) is 3.67. The molecule has 2 rings (SSSR count). The van der Waals surface area contributed by atoms with Gasteiger partial charge in [-0.05, 0) is 35.8 Å². The zero-order chi connectivity index (χ0) is 15.5. The largest absolute Gasteiger partial charge is 0.383 e. The summed E-state index contributed by atoms with van der Waals surface area (Å²) in [6.07, 6.45) is 4.12. The van der Waals surface area contributed by atoms with Crippen molar-refractivity contribution in [2.45, 2.75) is 37.1 Å². The molecule has 0 aliphatic carbocycles. The summed E-state index contributed by atoms with van der Waals surface area (Å²) in [5, 5.41) is 7.10. The van der Waals surface area contributed by atoms with E-state index >= 15 is 0 Å². The number of nitrogens with zero attached hydrogens (tertiary/aromatic N) is 2. The van der Waals surface area contributed by atoms with E-state index in [1.807, 2.05) is 4.68 Å². The Balaban J connectivity index is 2.34. The van der Waals surface area contributed by atoms with Gasteiger partial charge in [0.1, 0.15) is 0 Å². The molecule has 0 saturated carbocycles. The second-order valence-electron chi connectivity index (χ2n) is 5.26. The van der Waals surface area contributed by atoms with Crippen LogP contribution in [0, 0.1) is 0 Å². The molecule has 1 fully saturated rings. The van der Waals surface area contributed by atoms with Gasteiger partial charge in [0.15, 0.2) is 9.84 Å². The molecule has 1 N–H and O–H groups in total. The molecule has 2 heterocycles. The summed E-state index contributed by atoms with van der Waals surface area (Å²) in [6.45, 7) is 1.14. The summed E-state index contributed by atoms with van der Waals surface area (Å²) in [5.74, 6) is 0.277. The van der Waals surface area contributed by atoms with Crippen molar-refractivity contribution in [3.63, 3.8) is 0 Å². The van der Waals surface area contributed by atoms with Gasteiger partial charge >= 0.3 is 0 Å². The van der Waals surface area contributed by atoms with E-state index in [0.717, 1.165) is 23.0 Å². The number of nitrogens with one attached hydrogen (secondary N) is 1. The van der Waals surface area contributed by atoms with Crippen molar-refractivity contribution in [3.05, 3.63) is 16.4 Å². The first-order chi connectivity index (χ1) is 10.0. The second kappa shape index (κ2) is 7.21. The minimum Gasteiger partial charge on any atom is -0.383 e. The molecule has 1 aliphatic heterocycles. The van der Waals surface area contributed by atoms with Gasteiger partial charge in [0.2, 0.25) is 0 Å². The lowest BCUT2D eigenvalue weighted by Crippen LogP contribution is -2.40. The normalized spacial score (nSPS) is 23.1. The van der Waals surface area contributed by atoms with Crippen molar-refractivity contribution in [1.29, 1.82) is 0 Å². The smallest absolute Gasteiger partial charge is 0.155 e. The number of hydrogen-bond donors (Lipinski definition) is 1. The zero-order valence-corrected chi connectivity index (χ0v) is 14.8. The number of methoxy groups -OCH3 is 1. The van der Waals surface area contributed by atoms with Gasteiger partial charge in [0.05, 0.1) is 46.6 Å². The van der Waals surface area contributed by atoms with E-state index in [0.29, 0.717) is 19.6 Å². The van der Waals surface area contributed by atoms with Crippen LogP contribution in [0.4, 0.5) is 0 Å². The van der Waals surface area contributed by atoms with Gasteiger partial charge in [0, 0.05) is 7.11 Å². The van der Waals surface area contributed by atoms with E-state index in [2.05, 4.69) is 26.3 Å². The van der Waals surface area contributed by atoms with Crippen LogP contribution in [0.1, 0.15) is 31.0 Å². The van der Waals surface area contributed by atoms with Gasteiger partial charge in [0.25, 0.3) is 0 Å². The van der Waals surface area contributed by atoms with Crippen molar-refractivity contribution >= 4 is 25.8 Å². The average molecular weight is 380 g/mol. The Kier molecular flexibility index (Phi) is 5.81. The van der Waals surface area contributed by atoms with Gasteiger partial charge < -0.3 is 10.1 Å². The fourth-order valence-electron chi connectivity index (χ4n) is 2.89. The van der Waals surface area contributed by atoms with Gasteiger partial charge in [-0.15, -0.1) is 0 Å². The van der Waals surface area contributed by atoms with Gasteiger partial charge in [-0.1, -0.05) is 6.42 Å². The summed E-state index contributed by atoms with van der Waals surface area (Å²) in [7, 11) is 0.368. The Labute approximate surface area is 134 Å². The molecular formula is C13H22BrN3O3S. The summed E-state index contributed by atoms with van der Waals surface area (Å²) in [6, 6.07) is -0.260. The van der Waals surface area contributed by atoms with Gasteiger partial charge in [-0.25, -0.2) is 8.42 Å². The maximum atomic E-state index is 12.4. The van der Waals surface area contributed by atoms with Crippen LogP contribution >= 0.6 is 15.9 Å². The van der Waals surface area contributed by atoms with Crippen molar-refractivity contribution in [1.82, 2.24) is 15.1 Å². The third-order valence-electron chi connectivity index (χ3n) is 3.95. The molecule has 2 unspecified atom stereocenters. The number of aromatic nitrogens is 2. The molecule has 1 aromatic rings. The molecule has 0 aromatic carbocycles. The van der Waals surface area contributed by atoms with Crippen molar-refractivity contribution in [2.75, 3.05) is 26.5 Å². The number of hydrogen-bond acceptors (Lipinski definition) is 5. The molecule has 21 heavy (non-hydrogen) atoms. The Hall–Kier alpha value is -0.440. The van der Waals surface area contributed by atoms with E-state index in [1.165, 1.54) is 0 Å². The van der Waals surface area contributed by atoms with Crippen molar-refractivity contribution < 1.29 is 13.2 Å². The summed E-state index contributed by atoms with van der Waals surface area (Å²) < 4.78 is 32.6. The minimum absolute atomic E-state index is 0.260. The zero-order valence-electron chi connectivity index (χ0n) is 12.4. The molecular weight excluding hydrogens is 358 g/mol. The number of ether oxygens (including phenoxy) is 1. The first-order valence-electron chi connectivity index (χ1n) is 7.10. The third-order valence-corrected chi connectivity index (χ3v) is 6.85. The molecule has 120 valence electrons. The molecule has 8 heteroatoms. The van der Waals surface area contributed by atoms with E-state index in [1.54, 1.807) is 20.4 Å². The first-order valence-corrected chi connectivity index (χ1v) is 9.61. The highest BCUT2D eigenvalue weighted by atomic mass is 79.9.